The highest BCUT2D eigenvalue weighted by molar-refractivity contribution is 5.84. The van der Waals surface area contributed by atoms with E-state index in [1.165, 1.54) is 36.6 Å². The van der Waals surface area contributed by atoms with Crippen LogP contribution in [0.5, 0.6) is 0 Å². The molecule has 2 N–H and O–H groups in total. The number of fused-ring (bicyclic) bond motifs is 1. The Morgan fingerprint density at radius 1 is 1.33 bits per heavy atom. The number of H-pyrrole nitrogens is 1. The Labute approximate surface area is 107 Å². The van der Waals surface area contributed by atoms with E-state index in [0.29, 0.717) is 6.04 Å². The van der Waals surface area contributed by atoms with Crippen molar-refractivity contribution in [3.05, 3.63) is 35.3 Å². The zero-order valence-electron chi connectivity index (χ0n) is 10.7. The molecule has 1 aliphatic rings. The quantitative estimate of drug-likeness (QED) is 0.836. The lowest BCUT2D eigenvalue weighted by atomic mass is 9.96. The second kappa shape index (κ2) is 4.73. The van der Waals surface area contributed by atoms with Gasteiger partial charge in [0, 0.05) is 22.6 Å². The number of hydrogen-bond donors (Lipinski definition) is 2. The highest BCUT2D eigenvalue weighted by atomic mass is 19.1. The van der Waals surface area contributed by atoms with Gasteiger partial charge in [-0.25, -0.2) is 4.39 Å². The maximum absolute atomic E-state index is 13.4. The Hall–Kier alpha value is -1.35. The average molecular weight is 246 g/mol. The molecule has 2 aromatic rings. The van der Waals surface area contributed by atoms with Gasteiger partial charge in [0.25, 0.3) is 0 Å². The summed E-state index contributed by atoms with van der Waals surface area (Å²) in [5, 5.41) is 4.60. The smallest absolute Gasteiger partial charge is 0.123 e. The molecule has 1 aromatic carbocycles. The summed E-state index contributed by atoms with van der Waals surface area (Å²) in [5.41, 5.74) is 3.48. The molecule has 18 heavy (non-hydrogen) atoms. The molecule has 3 heteroatoms. The van der Waals surface area contributed by atoms with E-state index in [4.69, 9.17) is 0 Å². The van der Waals surface area contributed by atoms with Crippen LogP contribution in [0, 0.1) is 12.7 Å². The number of aryl methyl sites for hydroxylation is 1. The SMILES string of the molecule is Cc1[nH]c2ccc(F)cc2c1CC1CCCCN1. The van der Waals surface area contributed by atoms with Crippen molar-refractivity contribution >= 4 is 10.9 Å². The van der Waals surface area contributed by atoms with Gasteiger partial charge < -0.3 is 10.3 Å². The number of benzene rings is 1. The lowest BCUT2D eigenvalue weighted by Gasteiger charge is -2.23. The fraction of sp³-hybridized carbons (Fsp3) is 0.467. The predicted molar refractivity (Wildman–Crippen MR) is 72.3 cm³/mol. The van der Waals surface area contributed by atoms with Gasteiger partial charge in [0.05, 0.1) is 0 Å². The summed E-state index contributed by atoms with van der Waals surface area (Å²) in [7, 11) is 0. The first kappa shape index (κ1) is 11.7. The summed E-state index contributed by atoms with van der Waals surface area (Å²) in [6, 6.07) is 5.53. The summed E-state index contributed by atoms with van der Waals surface area (Å²) in [6.45, 7) is 3.19. The van der Waals surface area contributed by atoms with E-state index in [2.05, 4.69) is 17.2 Å². The highest BCUT2D eigenvalue weighted by Gasteiger charge is 2.17. The van der Waals surface area contributed by atoms with Gasteiger partial charge in [0.2, 0.25) is 0 Å². The molecule has 0 saturated carbocycles. The zero-order chi connectivity index (χ0) is 12.5. The van der Waals surface area contributed by atoms with Crippen LogP contribution in [0.15, 0.2) is 18.2 Å². The van der Waals surface area contributed by atoms with Gasteiger partial charge in [-0.1, -0.05) is 6.42 Å². The third-order valence-electron chi connectivity index (χ3n) is 3.94. The van der Waals surface area contributed by atoms with Gasteiger partial charge in [-0.05, 0) is 56.5 Å². The van der Waals surface area contributed by atoms with Crippen LogP contribution >= 0.6 is 0 Å². The third-order valence-corrected chi connectivity index (χ3v) is 3.94. The van der Waals surface area contributed by atoms with E-state index in [-0.39, 0.29) is 5.82 Å². The van der Waals surface area contributed by atoms with Crippen molar-refractivity contribution < 1.29 is 4.39 Å². The summed E-state index contributed by atoms with van der Waals surface area (Å²) in [5.74, 6) is -0.153. The summed E-state index contributed by atoms with van der Waals surface area (Å²) >= 11 is 0. The first-order chi connectivity index (χ1) is 8.74. The molecular weight excluding hydrogens is 227 g/mol. The molecule has 0 amide bonds. The van der Waals surface area contributed by atoms with Crippen molar-refractivity contribution in [3.63, 3.8) is 0 Å². The molecule has 0 spiro atoms. The zero-order valence-corrected chi connectivity index (χ0v) is 10.7. The molecule has 1 saturated heterocycles. The Bertz CT molecular complexity index is 553. The van der Waals surface area contributed by atoms with Crippen LogP contribution < -0.4 is 5.32 Å². The second-order valence-corrected chi connectivity index (χ2v) is 5.27. The fourth-order valence-corrected chi connectivity index (χ4v) is 2.96. The number of hydrogen-bond acceptors (Lipinski definition) is 1. The number of piperidine rings is 1. The van der Waals surface area contributed by atoms with Gasteiger partial charge in [0.15, 0.2) is 0 Å². The molecule has 0 aliphatic carbocycles. The van der Waals surface area contributed by atoms with Crippen LogP contribution in [0.4, 0.5) is 4.39 Å². The molecule has 0 radical (unpaired) electrons. The Morgan fingerprint density at radius 2 is 2.22 bits per heavy atom. The van der Waals surface area contributed by atoms with Crippen LogP contribution in [0.25, 0.3) is 10.9 Å². The van der Waals surface area contributed by atoms with Crippen LogP contribution in [-0.4, -0.2) is 17.6 Å². The van der Waals surface area contributed by atoms with Crippen LogP contribution in [-0.2, 0) is 6.42 Å². The largest absolute Gasteiger partial charge is 0.358 e. The first-order valence-electron chi connectivity index (χ1n) is 6.74. The molecule has 1 unspecified atom stereocenters. The maximum Gasteiger partial charge on any atom is 0.123 e. The van der Waals surface area contributed by atoms with Crippen LogP contribution in [0.3, 0.4) is 0 Å². The molecule has 2 nitrogen and oxygen atoms in total. The van der Waals surface area contributed by atoms with E-state index < -0.39 is 0 Å². The number of aromatic amines is 1. The fourth-order valence-electron chi connectivity index (χ4n) is 2.96. The minimum absolute atomic E-state index is 0.153. The summed E-state index contributed by atoms with van der Waals surface area (Å²) in [6.07, 6.45) is 4.79. The van der Waals surface area contributed by atoms with E-state index >= 15 is 0 Å². The average Bonchev–Trinajstić information content (AvgIpc) is 2.67. The lowest BCUT2D eigenvalue weighted by Crippen LogP contribution is -2.35. The van der Waals surface area contributed by atoms with Crippen LogP contribution in [0.2, 0.25) is 0 Å². The molecule has 2 heterocycles. The van der Waals surface area contributed by atoms with Crippen molar-refractivity contribution in [1.82, 2.24) is 10.3 Å². The molecular formula is C15H19FN2. The molecule has 0 bridgehead atoms. The number of nitrogens with one attached hydrogen (secondary N) is 2. The van der Waals surface area contributed by atoms with Gasteiger partial charge in [0.1, 0.15) is 5.82 Å². The summed E-state index contributed by atoms with van der Waals surface area (Å²) in [4.78, 5) is 3.35. The standard InChI is InChI=1S/C15H19FN2/c1-10-13(9-12-4-2-3-7-17-12)14-8-11(16)5-6-15(14)18-10/h5-6,8,12,17-18H,2-4,7,9H2,1H3. The molecule has 3 rings (SSSR count). The minimum atomic E-state index is -0.153. The van der Waals surface area contributed by atoms with Crippen molar-refractivity contribution in [2.45, 2.75) is 38.6 Å². The van der Waals surface area contributed by atoms with Gasteiger partial charge in [-0.2, -0.15) is 0 Å². The molecule has 1 atom stereocenters. The highest BCUT2D eigenvalue weighted by Crippen LogP contribution is 2.25. The van der Waals surface area contributed by atoms with Crippen molar-refractivity contribution in [2.75, 3.05) is 6.54 Å². The van der Waals surface area contributed by atoms with E-state index in [9.17, 15) is 4.39 Å². The normalized spacial score (nSPS) is 20.4. The topological polar surface area (TPSA) is 27.8 Å². The van der Waals surface area contributed by atoms with Gasteiger partial charge in [-0.15, -0.1) is 0 Å². The van der Waals surface area contributed by atoms with Crippen molar-refractivity contribution in [2.24, 2.45) is 0 Å². The van der Waals surface area contributed by atoms with E-state index in [1.807, 2.05) is 6.07 Å². The van der Waals surface area contributed by atoms with Crippen molar-refractivity contribution in [1.29, 1.82) is 0 Å². The van der Waals surface area contributed by atoms with Crippen molar-refractivity contribution in [3.8, 4) is 0 Å². The molecule has 1 fully saturated rings. The monoisotopic (exact) mass is 246 g/mol. The Morgan fingerprint density at radius 3 is 3.00 bits per heavy atom. The Balaban J connectivity index is 1.94. The van der Waals surface area contributed by atoms with E-state index in [0.717, 1.165) is 23.9 Å². The minimum Gasteiger partial charge on any atom is -0.358 e. The van der Waals surface area contributed by atoms with Crippen LogP contribution in [0.1, 0.15) is 30.5 Å². The third kappa shape index (κ3) is 2.15. The number of halogens is 1. The Kier molecular flexibility index (Phi) is 3.08. The second-order valence-electron chi connectivity index (χ2n) is 5.27. The molecule has 1 aromatic heterocycles. The van der Waals surface area contributed by atoms with E-state index in [1.54, 1.807) is 6.07 Å². The number of aromatic nitrogens is 1. The molecule has 1 aliphatic heterocycles. The lowest BCUT2D eigenvalue weighted by molar-refractivity contribution is 0.399. The number of rotatable bonds is 2. The summed E-state index contributed by atoms with van der Waals surface area (Å²) < 4.78 is 13.4. The maximum atomic E-state index is 13.4. The van der Waals surface area contributed by atoms with Gasteiger partial charge in [-0.3, -0.25) is 0 Å². The van der Waals surface area contributed by atoms with Gasteiger partial charge >= 0.3 is 0 Å². The molecule has 96 valence electrons. The predicted octanol–water partition coefficient (Wildman–Crippen LogP) is 3.30. The first-order valence-corrected chi connectivity index (χ1v) is 6.74.